The van der Waals surface area contributed by atoms with Crippen molar-refractivity contribution in [1.82, 2.24) is 19.7 Å². The number of alkyl halides is 3. The predicted octanol–water partition coefficient (Wildman–Crippen LogP) is 4.48. The number of aliphatic hydroxyl groups is 1. The molecule has 0 radical (unpaired) electrons. The molecule has 2 N–H and O–H groups in total. The zero-order valence-electron chi connectivity index (χ0n) is 21.1. The third-order valence-electron chi connectivity index (χ3n) is 6.65. The molecule has 4 aromatic rings. The minimum atomic E-state index is -4.87. The average molecular weight is 554 g/mol. The maximum atomic E-state index is 15.0. The lowest BCUT2D eigenvalue weighted by molar-refractivity contribution is -0.139. The molecule has 0 spiro atoms. The van der Waals surface area contributed by atoms with Crippen molar-refractivity contribution in [3.63, 3.8) is 0 Å². The lowest BCUT2D eigenvalue weighted by atomic mass is 9.94. The van der Waals surface area contributed by atoms with Gasteiger partial charge in [0.05, 0.1) is 28.2 Å². The maximum absolute atomic E-state index is 15.0. The molecule has 3 heterocycles. The summed E-state index contributed by atoms with van der Waals surface area (Å²) in [5, 5.41) is 15.7. The second kappa shape index (κ2) is 10.5. The summed E-state index contributed by atoms with van der Waals surface area (Å²) in [5.41, 5.74) is -0.435. The second-order valence-corrected chi connectivity index (χ2v) is 9.36. The number of aliphatic hydroxyl groups excluding tert-OH is 1. The standard InChI is InChI=1S/C28H23F4N5O3/c1-36-10-9-23(35-36)18-11-19(21(29)12-20(18)28(30,31)32)27(40)34-24-8-7-22(17-13-37(14-17)25(39)15-38)33-26(24)16-5-3-2-4-6-16/h2-12,17,38H,13-15H2,1H3,(H,34,40). The first-order valence-electron chi connectivity index (χ1n) is 12.2. The molecular weight excluding hydrogens is 530 g/mol. The van der Waals surface area contributed by atoms with Gasteiger partial charge in [0.2, 0.25) is 5.91 Å². The van der Waals surface area contributed by atoms with Gasteiger partial charge in [-0.05, 0) is 30.3 Å². The van der Waals surface area contributed by atoms with Gasteiger partial charge in [0, 0.05) is 49.1 Å². The van der Waals surface area contributed by atoms with Crippen molar-refractivity contribution >= 4 is 17.5 Å². The SMILES string of the molecule is Cn1ccc(-c2cc(C(=O)Nc3ccc(C4CN(C(=O)CO)C4)nc3-c3ccccc3)c(F)cc2C(F)(F)F)n1. The highest BCUT2D eigenvalue weighted by Crippen LogP contribution is 2.38. The first kappa shape index (κ1) is 27.0. The summed E-state index contributed by atoms with van der Waals surface area (Å²) < 4.78 is 57.4. The molecule has 40 heavy (non-hydrogen) atoms. The summed E-state index contributed by atoms with van der Waals surface area (Å²) in [6.45, 7) is 0.168. The minimum absolute atomic E-state index is 0.0610. The van der Waals surface area contributed by atoms with Gasteiger partial charge >= 0.3 is 6.18 Å². The fourth-order valence-electron chi connectivity index (χ4n) is 4.53. The van der Waals surface area contributed by atoms with E-state index in [9.17, 15) is 27.2 Å². The van der Waals surface area contributed by atoms with Gasteiger partial charge in [-0.3, -0.25) is 19.3 Å². The number of aromatic nitrogens is 3. The number of likely N-dealkylation sites (tertiary alicyclic amines) is 1. The number of rotatable bonds is 6. The van der Waals surface area contributed by atoms with Gasteiger partial charge in [-0.1, -0.05) is 30.3 Å². The minimum Gasteiger partial charge on any atom is -0.387 e. The Bertz CT molecular complexity index is 1580. The lowest BCUT2D eigenvalue weighted by Crippen LogP contribution is -2.49. The summed E-state index contributed by atoms with van der Waals surface area (Å²) in [7, 11) is 1.53. The molecule has 0 bridgehead atoms. The van der Waals surface area contributed by atoms with Crippen molar-refractivity contribution in [3.8, 4) is 22.5 Å². The normalized spacial score (nSPS) is 13.7. The number of carbonyl (C=O) groups excluding carboxylic acids is 2. The molecule has 0 aliphatic carbocycles. The number of anilines is 1. The first-order chi connectivity index (χ1) is 19.0. The van der Waals surface area contributed by atoms with E-state index in [2.05, 4.69) is 10.4 Å². The molecular formula is C28H23F4N5O3. The van der Waals surface area contributed by atoms with E-state index < -0.39 is 41.2 Å². The number of hydrogen-bond donors (Lipinski definition) is 2. The summed E-state index contributed by atoms with van der Waals surface area (Å²) in [6.07, 6.45) is -3.43. The Balaban J connectivity index is 1.50. The van der Waals surface area contributed by atoms with E-state index in [1.165, 1.54) is 28.9 Å². The maximum Gasteiger partial charge on any atom is 0.417 e. The van der Waals surface area contributed by atoms with E-state index in [1.807, 2.05) is 0 Å². The van der Waals surface area contributed by atoms with E-state index in [0.717, 1.165) is 6.07 Å². The number of aryl methyl sites for hydroxylation is 1. The Kier molecular flexibility index (Phi) is 7.11. The monoisotopic (exact) mass is 553 g/mol. The highest BCUT2D eigenvalue weighted by Gasteiger charge is 2.36. The quantitative estimate of drug-likeness (QED) is 0.343. The van der Waals surface area contributed by atoms with Crippen LogP contribution in [-0.2, 0) is 18.0 Å². The van der Waals surface area contributed by atoms with Crippen LogP contribution in [0.5, 0.6) is 0 Å². The van der Waals surface area contributed by atoms with Crippen LogP contribution in [-0.4, -0.2) is 56.3 Å². The van der Waals surface area contributed by atoms with E-state index in [-0.39, 0.29) is 23.2 Å². The number of nitrogens with one attached hydrogen (secondary N) is 1. The van der Waals surface area contributed by atoms with Crippen LogP contribution < -0.4 is 5.32 Å². The van der Waals surface area contributed by atoms with Crippen LogP contribution in [0.1, 0.15) is 27.5 Å². The predicted molar refractivity (Wildman–Crippen MR) is 138 cm³/mol. The molecule has 8 nitrogen and oxygen atoms in total. The zero-order valence-corrected chi connectivity index (χ0v) is 21.1. The second-order valence-electron chi connectivity index (χ2n) is 9.36. The van der Waals surface area contributed by atoms with Gasteiger partial charge in [0.25, 0.3) is 5.91 Å². The van der Waals surface area contributed by atoms with Gasteiger partial charge in [-0.2, -0.15) is 18.3 Å². The van der Waals surface area contributed by atoms with Gasteiger partial charge in [-0.25, -0.2) is 4.39 Å². The van der Waals surface area contributed by atoms with Crippen LogP contribution >= 0.6 is 0 Å². The molecule has 0 saturated carbocycles. The zero-order chi connectivity index (χ0) is 28.6. The molecule has 5 rings (SSSR count). The third-order valence-corrected chi connectivity index (χ3v) is 6.65. The number of benzene rings is 2. The largest absolute Gasteiger partial charge is 0.417 e. The Morgan fingerprint density at radius 2 is 1.80 bits per heavy atom. The molecule has 206 valence electrons. The van der Waals surface area contributed by atoms with Crippen LogP contribution in [0.25, 0.3) is 22.5 Å². The fourth-order valence-corrected chi connectivity index (χ4v) is 4.53. The van der Waals surface area contributed by atoms with Crippen molar-refractivity contribution in [2.45, 2.75) is 12.1 Å². The van der Waals surface area contributed by atoms with Crippen molar-refractivity contribution in [1.29, 1.82) is 0 Å². The van der Waals surface area contributed by atoms with Crippen molar-refractivity contribution in [2.75, 3.05) is 25.0 Å². The van der Waals surface area contributed by atoms with Crippen LogP contribution in [0.2, 0.25) is 0 Å². The van der Waals surface area contributed by atoms with Crippen LogP contribution in [0.4, 0.5) is 23.2 Å². The molecule has 12 heteroatoms. The van der Waals surface area contributed by atoms with Crippen LogP contribution in [0.15, 0.2) is 66.9 Å². The number of amides is 2. The molecule has 1 fully saturated rings. The average Bonchev–Trinajstić information content (AvgIpc) is 3.34. The van der Waals surface area contributed by atoms with Gasteiger partial charge in [0.1, 0.15) is 12.4 Å². The van der Waals surface area contributed by atoms with Crippen molar-refractivity contribution in [2.24, 2.45) is 7.05 Å². The Hall–Kier alpha value is -4.58. The molecule has 0 atom stereocenters. The highest BCUT2D eigenvalue weighted by atomic mass is 19.4. The molecule has 1 aliphatic heterocycles. The van der Waals surface area contributed by atoms with Gasteiger partial charge in [0.15, 0.2) is 0 Å². The molecule has 0 unspecified atom stereocenters. The fraction of sp³-hybridized carbons (Fsp3) is 0.214. The Morgan fingerprint density at radius 3 is 2.42 bits per heavy atom. The Labute approximate surface area is 225 Å². The lowest BCUT2D eigenvalue weighted by Gasteiger charge is -2.38. The molecule has 2 amide bonds. The van der Waals surface area contributed by atoms with Crippen molar-refractivity contribution < 1.29 is 32.3 Å². The number of carbonyl (C=O) groups is 2. The van der Waals surface area contributed by atoms with Gasteiger partial charge in [-0.15, -0.1) is 0 Å². The van der Waals surface area contributed by atoms with E-state index >= 15 is 0 Å². The van der Waals surface area contributed by atoms with E-state index in [0.29, 0.717) is 36.1 Å². The highest BCUT2D eigenvalue weighted by molar-refractivity contribution is 6.07. The summed E-state index contributed by atoms with van der Waals surface area (Å²) in [4.78, 5) is 31.1. The van der Waals surface area contributed by atoms with Crippen molar-refractivity contribution in [3.05, 3.63) is 89.5 Å². The molecule has 1 saturated heterocycles. The third kappa shape index (κ3) is 5.30. The topological polar surface area (TPSA) is 100 Å². The summed E-state index contributed by atoms with van der Waals surface area (Å²) in [5.74, 6) is -2.76. The summed E-state index contributed by atoms with van der Waals surface area (Å²) in [6, 6.07) is 14.6. The van der Waals surface area contributed by atoms with E-state index in [1.54, 1.807) is 42.5 Å². The number of halogens is 4. The number of nitrogens with zero attached hydrogens (tertiary/aromatic N) is 4. The number of pyridine rings is 1. The molecule has 2 aromatic heterocycles. The van der Waals surface area contributed by atoms with Crippen LogP contribution in [0.3, 0.4) is 0 Å². The first-order valence-corrected chi connectivity index (χ1v) is 12.2. The Morgan fingerprint density at radius 1 is 1.07 bits per heavy atom. The number of hydrogen-bond acceptors (Lipinski definition) is 5. The molecule has 1 aliphatic rings. The summed E-state index contributed by atoms with van der Waals surface area (Å²) >= 11 is 0. The molecule has 2 aromatic carbocycles. The van der Waals surface area contributed by atoms with E-state index in [4.69, 9.17) is 10.1 Å². The van der Waals surface area contributed by atoms with Gasteiger partial charge < -0.3 is 15.3 Å². The van der Waals surface area contributed by atoms with Crippen LogP contribution in [0, 0.1) is 5.82 Å². The smallest absolute Gasteiger partial charge is 0.387 e.